The third-order valence-corrected chi connectivity index (χ3v) is 13.4. The van der Waals surface area contributed by atoms with E-state index in [4.69, 9.17) is 15.0 Å². The molecule has 0 saturated carbocycles. The summed E-state index contributed by atoms with van der Waals surface area (Å²) in [6.45, 7) is 0. The Morgan fingerprint density at radius 2 is 0.855 bits per heavy atom. The van der Waals surface area contributed by atoms with E-state index in [0.29, 0.717) is 17.5 Å². The molecule has 11 aromatic rings. The van der Waals surface area contributed by atoms with Crippen molar-refractivity contribution in [1.29, 1.82) is 0 Å². The van der Waals surface area contributed by atoms with Crippen LogP contribution in [-0.4, -0.2) is 15.0 Å². The van der Waals surface area contributed by atoms with E-state index in [9.17, 15) is 0 Å². The molecule has 62 heavy (non-hydrogen) atoms. The summed E-state index contributed by atoms with van der Waals surface area (Å²) in [5, 5.41) is 2.54. The molecule has 3 nitrogen and oxygen atoms in total. The molecule has 1 atom stereocenters. The van der Waals surface area contributed by atoms with Crippen LogP contribution in [0.3, 0.4) is 0 Å². The molecule has 1 unspecified atom stereocenters. The maximum Gasteiger partial charge on any atom is 0.164 e. The molecule has 0 aliphatic heterocycles. The van der Waals surface area contributed by atoms with Gasteiger partial charge in [0.1, 0.15) is 0 Å². The molecule has 2 aromatic heterocycles. The van der Waals surface area contributed by atoms with Crippen LogP contribution in [0.4, 0.5) is 0 Å². The van der Waals surface area contributed by atoms with Crippen LogP contribution in [0, 0.1) is 0 Å². The van der Waals surface area contributed by atoms with Crippen molar-refractivity contribution in [1.82, 2.24) is 15.0 Å². The predicted molar refractivity (Wildman–Crippen MR) is 258 cm³/mol. The lowest BCUT2D eigenvalue weighted by atomic mass is 9.88. The second kappa shape index (κ2) is 15.0. The first kappa shape index (κ1) is 36.1. The monoisotopic (exact) mass is 807 g/mol. The first-order chi connectivity index (χ1) is 30.7. The van der Waals surface area contributed by atoms with Crippen LogP contribution >= 0.6 is 11.3 Å². The molecule has 12 rings (SSSR count). The molecular formula is C58H37N3S. The molecule has 2 heterocycles. The predicted octanol–water partition coefficient (Wildman–Crippen LogP) is 15.4. The summed E-state index contributed by atoms with van der Waals surface area (Å²) < 4.78 is 2.53. The first-order valence-corrected chi connectivity index (χ1v) is 21.9. The fourth-order valence-corrected chi connectivity index (χ4v) is 10.5. The van der Waals surface area contributed by atoms with Crippen molar-refractivity contribution in [2.24, 2.45) is 0 Å². The maximum absolute atomic E-state index is 5.29. The van der Waals surface area contributed by atoms with E-state index in [1.807, 2.05) is 47.7 Å². The Hall–Kier alpha value is -7.79. The highest BCUT2D eigenvalue weighted by molar-refractivity contribution is 7.26. The van der Waals surface area contributed by atoms with E-state index < -0.39 is 0 Å². The Balaban J connectivity index is 1.08. The number of hydrogen-bond acceptors (Lipinski definition) is 4. The minimum Gasteiger partial charge on any atom is -0.208 e. The molecule has 0 bridgehead atoms. The summed E-state index contributed by atoms with van der Waals surface area (Å²) in [5.74, 6) is 2.10. The molecular weight excluding hydrogens is 771 g/mol. The number of aromatic nitrogens is 3. The third kappa shape index (κ3) is 6.23. The van der Waals surface area contributed by atoms with Gasteiger partial charge in [0, 0.05) is 48.3 Å². The van der Waals surface area contributed by atoms with E-state index >= 15 is 0 Å². The van der Waals surface area contributed by atoms with Crippen molar-refractivity contribution < 1.29 is 0 Å². The molecule has 0 saturated heterocycles. The van der Waals surface area contributed by atoms with Crippen LogP contribution in [0.5, 0.6) is 0 Å². The third-order valence-electron chi connectivity index (χ3n) is 12.2. The smallest absolute Gasteiger partial charge is 0.164 e. The zero-order chi connectivity index (χ0) is 41.0. The quantitative estimate of drug-likeness (QED) is 0.161. The number of rotatable bonds is 7. The highest BCUT2D eigenvalue weighted by atomic mass is 32.1. The summed E-state index contributed by atoms with van der Waals surface area (Å²) in [4.78, 5) is 15.6. The van der Waals surface area contributed by atoms with E-state index in [2.05, 4.69) is 182 Å². The molecule has 1 aliphatic carbocycles. The lowest BCUT2D eigenvalue weighted by molar-refractivity contribution is 1.02. The van der Waals surface area contributed by atoms with Gasteiger partial charge in [-0.1, -0.05) is 194 Å². The van der Waals surface area contributed by atoms with Gasteiger partial charge in [-0.15, -0.1) is 11.3 Å². The second-order valence-corrected chi connectivity index (χ2v) is 16.9. The van der Waals surface area contributed by atoms with Crippen LogP contribution in [0.1, 0.15) is 22.6 Å². The van der Waals surface area contributed by atoms with Crippen molar-refractivity contribution >= 4 is 31.5 Å². The van der Waals surface area contributed by atoms with Gasteiger partial charge in [0.05, 0.1) is 0 Å². The van der Waals surface area contributed by atoms with Crippen molar-refractivity contribution in [2.75, 3.05) is 0 Å². The van der Waals surface area contributed by atoms with Crippen molar-refractivity contribution in [2.45, 2.75) is 5.92 Å². The van der Waals surface area contributed by atoms with E-state index in [1.165, 1.54) is 59.1 Å². The van der Waals surface area contributed by atoms with Crippen LogP contribution in [0.15, 0.2) is 218 Å². The molecule has 0 fully saturated rings. The van der Waals surface area contributed by atoms with Gasteiger partial charge in [-0.2, -0.15) is 0 Å². The van der Waals surface area contributed by atoms with Crippen LogP contribution in [0.2, 0.25) is 0 Å². The molecule has 9 aromatic carbocycles. The Kier molecular flexibility index (Phi) is 8.75. The standard InChI is InChI=1S/C58H37N3S/c1-5-17-37(18-6-1)41-25-15-26-42(33-41)43-31-32-45(52(34-43)58-60-56(39-21-9-3-10-22-39)59-57(61-58)40-23-11-4-12-24-40)47-29-16-30-48-50-35-51-49(36-53(50)62-55(47)48)44-27-13-14-28-46(44)54(51)38-19-7-2-8-20-38/h1-36,54H. The van der Waals surface area contributed by atoms with Gasteiger partial charge in [-0.3, -0.25) is 0 Å². The summed E-state index contributed by atoms with van der Waals surface area (Å²) >= 11 is 1.87. The molecule has 0 amide bonds. The van der Waals surface area contributed by atoms with Crippen molar-refractivity contribution in [3.05, 3.63) is 235 Å². The Bertz CT molecular complexity index is 3390. The number of thiophene rings is 1. The van der Waals surface area contributed by atoms with Crippen molar-refractivity contribution in [3.63, 3.8) is 0 Å². The molecule has 0 N–H and O–H groups in total. The molecule has 0 radical (unpaired) electrons. The number of nitrogens with zero attached hydrogens (tertiary/aromatic N) is 3. The highest BCUT2D eigenvalue weighted by Gasteiger charge is 2.31. The minimum absolute atomic E-state index is 0.186. The Morgan fingerprint density at radius 3 is 1.56 bits per heavy atom. The van der Waals surface area contributed by atoms with E-state index in [-0.39, 0.29) is 5.92 Å². The van der Waals surface area contributed by atoms with Crippen molar-refractivity contribution in [3.8, 4) is 78.7 Å². The maximum atomic E-state index is 5.29. The fraction of sp³-hybridized carbons (Fsp3) is 0.0172. The van der Waals surface area contributed by atoms with Gasteiger partial charge in [0.25, 0.3) is 0 Å². The van der Waals surface area contributed by atoms with E-state index in [0.717, 1.165) is 38.9 Å². The van der Waals surface area contributed by atoms with E-state index in [1.54, 1.807) is 0 Å². The van der Waals surface area contributed by atoms with Gasteiger partial charge >= 0.3 is 0 Å². The van der Waals surface area contributed by atoms with Crippen LogP contribution < -0.4 is 0 Å². The molecule has 1 aliphatic rings. The molecule has 0 spiro atoms. The number of fused-ring (bicyclic) bond motifs is 6. The number of hydrogen-bond donors (Lipinski definition) is 0. The summed E-state index contributed by atoms with van der Waals surface area (Å²) in [6.07, 6.45) is 0. The van der Waals surface area contributed by atoms with Crippen LogP contribution in [0.25, 0.3) is 98.8 Å². The highest BCUT2D eigenvalue weighted by Crippen LogP contribution is 2.52. The second-order valence-electron chi connectivity index (χ2n) is 15.9. The lowest BCUT2D eigenvalue weighted by Crippen LogP contribution is -2.01. The first-order valence-electron chi connectivity index (χ1n) is 21.0. The average Bonchev–Trinajstić information content (AvgIpc) is 3.89. The normalized spacial score (nSPS) is 13.0. The zero-order valence-corrected chi connectivity index (χ0v) is 34.4. The Labute approximate surface area is 364 Å². The lowest BCUT2D eigenvalue weighted by Gasteiger charge is -2.15. The van der Waals surface area contributed by atoms with Gasteiger partial charge < -0.3 is 0 Å². The largest absolute Gasteiger partial charge is 0.208 e. The van der Waals surface area contributed by atoms with Gasteiger partial charge in [-0.05, 0) is 79.9 Å². The minimum atomic E-state index is 0.186. The van der Waals surface area contributed by atoms with Gasteiger partial charge in [-0.25, -0.2) is 15.0 Å². The molecule has 4 heteroatoms. The van der Waals surface area contributed by atoms with Gasteiger partial charge in [0.15, 0.2) is 17.5 Å². The molecule has 290 valence electrons. The number of benzene rings is 9. The summed E-state index contributed by atoms with van der Waals surface area (Å²) in [7, 11) is 0. The fourth-order valence-electron chi connectivity index (χ4n) is 9.29. The SMILES string of the molecule is c1ccc(-c2cccc(-c3ccc(-c4cccc5c4sc4cc6c(cc45)C(c4ccccc4)c4ccccc4-6)c(-c4nc(-c5ccccc5)nc(-c5ccccc5)n4)c3)c2)cc1. The zero-order valence-electron chi connectivity index (χ0n) is 33.6. The van der Waals surface area contributed by atoms with Crippen LogP contribution in [-0.2, 0) is 0 Å². The topological polar surface area (TPSA) is 38.7 Å². The summed E-state index contributed by atoms with van der Waals surface area (Å²) in [5.41, 5.74) is 16.4. The summed E-state index contributed by atoms with van der Waals surface area (Å²) in [6, 6.07) is 78.1. The van der Waals surface area contributed by atoms with Gasteiger partial charge in [0.2, 0.25) is 0 Å². The Morgan fingerprint density at radius 1 is 0.306 bits per heavy atom. The average molecular weight is 808 g/mol.